The molecule has 15 heavy (non-hydrogen) atoms. The maximum Gasteiger partial charge on any atom is 0.224 e. The molecule has 0 bridgehead atoms. The molecule has 1 aliphatic heterocycles. The lowest BCUT2D eigenvalue weighted by Crippen LogP contribution is -2.44. The van der Waals surface area contributed by atoms with E-state index in [1.165, 1.54) is 0 Å². The molecule has 3 nitrogen and oxygen atoms in total. The molecule has 2 atom stereocenters. The Bertz CT molecular complexity index is 221. The minimum absolute atomic E-state index is 0.00221. The molecule has 2 N–H and O–H groups in total. The first-order valence-corrected chi connectivity index (χ1v) is 6.70. The van der Waals surface area contributed by atoms with Crippen molar-refractivity contribution in [3.05, 3.63) is 0 Å². The summed E-state index contributed by atoms with van der Waals surface area (Å²) in [4.78, 5) is 13.9. The highest BCUT2D eigenvalue weighted by atomic mass is 32.2. The summed E-state index contributed by atoms with van der Waals surface area (Å²) in [6.45, 7) is 8.07. The van der Waals surface area contributed by atoms with Gasteiger partial charge in [0.1, 0.15) is 0 Å². The third-order valence-electron chi connectivity index (χ3n) is 2.86. The van der Waals surface area contributed by atoms with Gasteiger partial charge in [-0.2, -0.15) is 11.8 Å². The number of nitrogens with two attached hydrogens (primary N) is 1. The van der Waals surface area contributed by atoms with Gasteiger partial charge in [0.05, 0.1) is 0 Å². The monoisotopic (exact) mass is 230 g/mol. The summed E-state index contributed by atoms with van der Waals surface area (Å²) in [7, 11) is 0. The van der Waals surface area contributed by atoms with Crippen LogP contribution in [0.15, 0.2) is 0 Å². The molecule has 1 amide bonds. The molecular formula is C11H22N2OS. The average Bonchev–Trinajstić information content (AvgIpc) is 2.17. The van der Waals surface area contributed by atoms with Gasteiger partial charge in [-0.1, -0.05) is 20.8 Å². The van der Waals surface area contributed by atoms with Crippen LogP contribution in [-0.2, 0) is 4.79 Å². The molecule has 1 aliphatic rings. The lowest BCUT2D eigenvalue weighted by molar-refractivity contribution is -0.131. The first kappa shape index (κ1) is 12.8. The fraction of sp³-hybridized carbons (Fsp3) is 0.909. The predicted octanol–water partition coefficient (Wildman–Crippen LogP) is 1.32. The summed E-state index contributed by atoms with van der Waals surface area (Å²) >= 11 is 1.94. The Balaban J connectivity index is 2.39. The fourth-order valence-corrected chi connectivity index (χ4v) is 2.62. The average molecular weight is 230 g/mol. The van der Waals surface area contributed by atoms with Crippen LogP contribution in [0, 0.1) is 5.92 Å². The van der Waals surface area contributed by atoms with Crippen LogP contribution in [-0.4, -0.2) is 40.9 Å². The van der Waals surface area contributed by atoms with Crippen LogP contribution in [0.5, 0.6) is 0 Å². The molecule has 1 saturated heterocycles. The number of amides is 1. The van der Waals surface area contributed by atoms with E-state index in [-0.39, 0.29) is 11.9 Å². The van der Waals surface area contributed by atoms with E-state index in [4.69, 9.17) is 5.73 Å². The molecule has 0 saturated carbocycles. The van der Waals surface area contributed by atoms with Crippen molar-refractivity contribution < 1.29 is 4.79 Å². The zero-order valence-corrected chi connectivity index (χ0v) is 10.7. The topological polar surface area (TPSA) is 46.3 Å². The van der Waals surface area contributed by atoms with E-state index in [2.05, 4.69) is 20.8 Å². The number of nitrogens with zero attached hydrogens (tertiary/aromatic N) is 1. The standard InChI is InChI=1S/C11H22N2OS/c1-8(2)10(12)6-11(14)13-4-5-15-9(3)7-13/h8-10H,4-7,12H2,1-3H3. The van der Waals surface area contributed by atoms with Crippen LogP contribution >= 0.6 is 11.8 Å². The molecule has 1 fully saturated rings. The molecule has 0 radical (unpaired) electrons. The van der Waals surface area contributed by atoms with Crippen molar-refractivity contribution in [3.8, 4) is 0 Å². The van der Waals surface area contributed by atoms with Crippen molar-refractivity contribution in [2.75, 3.05) is 18.8 Å². The Kier molecular flexibility index (Phi) is 4.93. The SMILES string of the molecule is CC1CN(C(=O)CC(N)C(C)C)CCS1. The number of hydrogen-bond acceptors (Lipinski definition) is 3. The van der Waals surface area contributed by atoms with Crippen molar-refractivity contribution in [3.63, 3.8) is 0 Å². The first-order valence-electron chi connectivity index (χ1n) is 5.65. The van der Waals surface area contributed by atoms with Gasteiger partial charge in [0, 0.05) is 36.6 Å². The summed E-state index contributed by atoms with van der Waals surface area (Å²) in [5.41, 5.74) is 5.91. The van der Waals surface area contributed by atoms with Gasteiger partial charge in [-0.3, -0.25) is 4.79 Å². The minimum Gasteiger partial charge on any atom is -0.341 e. The van der Waals surface area contributed by atoms with Gasteiger partial charge in [-0.15, -0.1) is 0 Å². The Morgan fingerprint density at radius 2 is 2.27 bits per heavy atom. The molecule has 0 aromatic rings. The van der Waals surface area contributed by atoms with Crippen molar-refractivity contribution >= 4 is 17.7 Å². The third-order valence-corrected chi connectivity index (χ3v) is 4.00. The summed E-state index contributed by atoms with van der Waals surface area (Å²) in [5.74, 6) is 1.66. The molecular weight excluding hydrogens is 208 g/mol. The highest BCUT2D eigenvalue weighted by Gasteiger charge is 2.23. The Hall–Kier alpha value is -0.220. The van der Waals surface area contributed by atoms with Crippen molar-refractivity contribution in [1.82, 2.24) is 4.90 Å². The molecule has 0 aromatic heterocycles. The number of rotatable bonds is 3. The highest BCUT2D eigenvalue weighted by Crippen LogP contribution is 2.18. The van der Waals surface area contributed by atoms with Crippen LogP contribution in [0.1, 0.15) is 27.2 Å². The smallest absolute Gasteiger partial charge is 0.224 e. The lowest BCUT2D eigenvalue weighted by atomic mass is 10.0. The quantitative estimate of drug-likeness (QED) is 0.795. The molecule has 4 heteroatoms. The largest absolute Gasteiger partial charge is 0.341 e. The van der Waals surface area contributed by atoms with Gasteiger partial charge in [0.25, 0.3) is 0 Å². The van der Waals surface area contributed by atoms with Gasteiger partial charge in [-0.25, -0.2) is 0 Å². The van der Waals surface area contributed by atoms with Gasteiger partial charge in [0.2, 0.25) is 5.91 Å². The maximum atomic E-state index is 11.9. The maximum absolute atomic E-state index is 11.9. The predicted molar refractivity (Wildman–Crippen MR) is 65.9 cm³/mol. The van der Waals surface area contributed by atoms with Crippen LogP contribution < -0.4 is 5.73 Å². The van der Waals surface area contributed by atoms with Crippen molar-refractivity contribution in [1.29, 1.82) is 0 Å². The van der Waals surface area contributed by atoms with Gasteiger partial charge in [-0.05, 0) is 5.92 Å². The van der Waals surface area contributed by atoms with Gasteiger partial charge >= 0.3 is 0 Å². The van der Waals surface area contributed by atoms with Crippen molar-refractivity contribution in [2.24, 2.45) is 11.7 Å². The number of hydrogen-bond donors (Lipinski definition) is 1. The second kappa shape index (κ2) is 5.75. The zero-order valence-electron chi connectivity index (χ0n) is 9.90. The van der Waals surface area contributed by atoms with Crippen LogP contribution in [0.25, 0.3) is 0 Å². The lowest BCUT2D eigenvalue weighted by Gasteiger charge is -2.31. The number of carbonyl (C=O) groups excluding carboxylic acids is 1. The normalized spacial score (nSPS) is 24.3. The molecule has 88 valence electrons. The van der Waals surface area contributed by atoms with E-state index in [9.17, 15) is 4.79 Å². The fourth-order valence-electron chi connectivity index (χ4n) is 1.61. The number of carbonyl (C=O) groups is 1. The molecule has 1 heterocycles. The summed E-state index contributed by atoms with van der Waals surface area (Å²) in [6.07, 6.45) is 0.495. The van der Waals surface area contributed by atoms with Crippen molar-refractivity contribution in [2.45, 2.75) is 38.5 Å². The second-order valence-electron chi connectivity index (χ2n) is 4.63. The Morgan fingerprint density at radius 1 is 1.60 bits per heavy atom. The summed E-state index contributed by atoms with van der Waals surface area (Å²) < 4.78 is 0. The van der Waals surface area contributed by atoms with Gasteiger partial charge < -0.3 is 10.6 Å². The molecule has 1 rings (SSSR count). The molecule has 0 spiro atoms. The van der Waals surface area contributed by atoms with E-state index in [0.717, 1.165) is 18.8 Å². The van der Waals surface area contributed by atoms with E-state index in [1.807, 2.05) is 16.7 Å². The van der Waals surface area contributed by atoms with Crippen LogP contribution in [0.2, 0.25) is 0 Å². The Labute approximate surface area is 96.8 Å². The van der Waals surface area contributed by atoms with E-state index >= 15 is 0 Å². The first-order chi connectivity index (χ1) is 7.00. The van der Waals surface area contributed by atoms with E-state index in [0.29, 0.717) is 17.6 Å². The number of thioether (sulfide) groups is 1. The van der Waals surface area contributed by atoms with Gasteiger partial charge in [0.15, 0.2) is 0 Å². The second-order valence-corrected chi connectivity index (χ2v) is 6.18. The van der Waals surface area contributed by atoms with Crippen LogP contribution in [0.3, 0.4) is 0 Å². The molecule has 2 unspecified atom stereocenters. The minimum atomic E-state index is 0.00221. The molecule has 0 aliphatic carbocycles. The van der Waals surface area contributed by atoms with E-state index in [1.54, 1.807) is 0 Å². The Morgan fingerprint density at radius 3 is 2.80 bits per heavy atom. The zero-order chi connectivity index (χ0) is 11.4. The molecule has 0 aromatic carbocycles. The highest BCUT2D eigenvalue weighted by molar-refractivity contribution is 7.99. The summed E-state index contributed by atoms with van der Waals surface area (Å²) in [5, 5.41) is 0.568. The third kappa shape index (κ3) is 4.03. The summed E-state index contributed by atoms with van der Waals surface area (Å²) in [6, 6.07) is 0.00221. The van der Waals surface area contributed by atoms with Crippen LogP contribution in [0.4, 0.5) is 0 Å². The van der Waals surface area contributed by atoms with E-state index < -0.39 is 0 Å².